The van der Waals surface area contributed by atoms with Crippen molar-refractivity contribution in [2.45, 2.75) is 38.5 Å². The molecule has 0 N–H and O–H groups in total. The molecule has 0 radical (unpaired) electrons. The highest BCUT2D eigenvalue weighted by molar-refractivity contribution is 4.90. The summed E-state index contributed by atoms with van der Waals surface area (Å²) >= 11 is 0. The monoisotopic (exact) mass is 185 g/mol. The number of ether oxygens (including phenoxy) is 2. The molecule has 0 spiro atoms. The van der Waals surface area contributed by atoms with E-state index in [1.165, 1.54) is 13.0 Å². The molecule has 3 heteroatoms. The van der Waals surface area contributed by atoms with Crippen LogP contribution in [0.5, 0.6) is 0 Å². The van der Waals surface area contributed by atoms with E-state index < -0.39 is 0 Å². The summed E-state index contributed by atoms with van der Waals surface area (Å²) in [5, 5.41) is 0. The molecular formula is C10H19NO2. The van der Waals surface area contributed by atoms with Crippen molar-refractivity contribution < 1.29 is 9.47 Å². The van der Waals surface area contributed by atoms with Crippen LogP contribution in [0.15, 0.2) is 0 Å². The summed E-state index contributed by atoms with van der Waals surface area (Å²) in [6.45, 7) is 8.18. The largest absolute Gasteiger partial charge is 0.378 e. The van der Waals surface area contributed by atoms with Gasteiger partial charge in [0.1, 0.15) is 0 Å². The van der Waals surface area contributed by atoms with Crippen LogP contribution in [0.4, 0.5) is 0 Å². The van der Waals surface area contributed by atoms with Gasteiger partial charge in [0.15, 0.2) is 0 Å². The Hall–Kier alpha value is -0.120. The van der Waals surface area contributed by atoms with Gasteiger partial charge in [0, 0.05) is 12.6 Å². The molecule has 0 aliphatic carbocycles. The summed E-state index contributed by atoms with van der Waals surface area (Å²) in [7, 11) is 0. The van der Waals surface area contributed by atoms with Gasteiger partial charge in [-0.3, -0.25) is 4.90 Å². The zero-order valence-corrected chi connectivity index (χ0v) is 8.53. The van der Waals surface area contributed by atoms with Crippen molar-refractivity contribution in [2.24, 2.45) is 0 Å². The second-order valence-electron chi connectivity index (χ2n) is 4.25. The van der Waals surface area contributed by atoms with Gasteiger partial charge in [-0.15, -0.1) is 0 Å². The highest BCUT2D eigenvalue weighted by atomic mass is 16.5. The van der Waals surface area contributed by atoms with E-state index in [-0.39, 0.29) is 0 Å². The molecule has 2 heterocycles. The molecule has 0 aromatic carbocycles. The average molecular weight is 185 g/mol. The van der Waals surface area contributed by atoms with Gasteiger partial charge in [0.25, 0.3) is 0 Å². The minimum Gasteiger partial charge on any atom is -0.378 e. The maximum absolute atomic E-state index is 5.61. The lowest BCUT2D eigenvalue weighted by Gasteiger charge is -2.49. The van der Waals surface area contributed by atoms with Gasteiger partial charge >= 0.3 is 0 Å². The summed E-state index contributed by atoms with van der Waals surface area (Å²) < 4.78 is 10.8. The van der Waals surface area contributed by atoms with E-state index in [2.05, 4.69) is 18.7 Å². The Bertz CT molecular complexity index is 168. The van der Waals surface area contributed by atoms with Crippen molar-refractivity contribution in [2.75, 3.05) is 26.4 Å². The molecule has 0 saturated carbocycles. The average Bonchev–Trinajstić information content (AvgIpc) is 1.93. The van der Waals surface area contributed by atoms with Gasteiger partial charge in [0.05, 0.1) is 32.0 Å². The molecule has 2 fully saturated rings. The summed E-state index contributed by atoms with van der Waals surface area (Å²) in [5.74, 6) is 0. The first-order valence-corrected chi connectivity index (χ1v) is 5.22. The Labute approximate surface area is 80.0 Å². The molecule has 1 atom stereocenters. The van der Waals surface area contributed by atoms with Crippen LogP contribution in [0.1, 0.15) is 20.3 Å². The fourth-order valence-electron chi connectivity index (χ4n) is 1.84. The van der Waals surface area contributed by atoms with Crippen LogP contribution in [-0.4, -0.2) is 49.5 Å². The molecule has 0 aromatic rings. The molecule has 2 rings (SSSR count). The van der Waals surface area contributed by atoms with Crippen molar-refractivity contribution in [3.05, 3.63) is 0 Å². The Morgan fingerprint density at radius 1 is 1.46 bits per heavy atom. The zero-order valence-electron chi connectivity index (χ0n) is 8.53. The molecule has 0 amide bonds. The molecule has 2 aliphatic heterocycles. The quantitative estimate of drug-likeness (QED) is 0.649. The van der Waals surface area contributed by atoms with E-state index in [4.69, 9.17) is 9.47 Å². The van der Waals surface area contributed by atoms with E-state index in [9.17, 15) is 0 Å². The molecule has 13 heavy (non-hydrogen) atoms. The van der Waals surface area contributed by atoms with Crippen molar-refractivity contribution in [1.29, 1.82) is 0 Å². The van der Waals surface area contributed by atoms with Crippen LogP contribution in [0.25, 0.3) is 0 Å². The van der Waals surface area contributed by atoms with Gasteiger partial charge in [-0.05, 0) is 20.3 Å². The molecule has 2 aliphatic rings. The number of likely N-dealkylation sites (tertiary alicyclic amines) is 1. The Morgan fingerprint density at radius 2 is 2.23 bits per heavy atom. The van der Waals surface area contributed by atoms with E-state index in [1.54, 1.807) is 0 Å². The number of hydrogen-bond donors (Lipinski definition) is 0. The first kappa shape index (κ1) is 9.44. The van der Waals surface area contributed by atoms with Gasteiger partial charge in [-0.2, -0.15) is 0 Å². The molecule has 3 nitrogen and oxygen atoms in total. The van der Waals surface area contributed by atoms with Gasteiger partial charge in [-0.25, -0.2) is 0 Å². The topological polar surface area (TPSA) is 21.7 Å². The van der Waals surface area contributed by atoms with Gasteiger partial charge in [0.2, 0.25) is 0 Å². The molecule has 0 aromatic heterocycles. The van der Waals surface area contributed by atoms with E-state index in [0.29, 0.717) is 18.2 Å². The molecule has 2 saturated heterocycles. The Kier molecular flexibility index (Phi) is 2.86. The van der Waals surface area contributed by atoms with Crippen molar-refractivity contribution in [1.82, 2.24) is 4.90 Å². The van der Waals surface area contributed by atoms with E-state index in [0.717, 1.165) is 19.8 Å². The van der Waals surface area contributed by atoms with Gasteiger partial charge < -0.3 is 9.47 Å². The highest BCUT2D eigenvalue weighted by Gasteiger charge is 2.37. The standard InChI is InChI=1S/C10H19NO2/c1-8(2)13-7-9-3-4-11(9)10-5-12-6-10/h8-10H,3-7H2,1-2H3/t9-/m1/s1. The van der Waals surface area contributed by atoms with E-state index in [1.807, 2.05) is 0 Å². The number of rotatable bonds is 4. The normalized spacial score (nSPS) is 30.2. The van der Waals surface area contributed by atoms with Crippen LogP contribution in [0, 0.1) is 0 Å². The minimum atomic E-state index is 0.361. The lowest BCUT2D eigenvalue weighted by atomic mass is 9.99. The van der Waals surface area contributed by atoms with Gasteiger partial charge in [-0.1, -0.05) is 0 Å². The first-order chi connectivity index (χ1) is 6.27. The van der Waals surface area contributed by atoms with Crippen molar-refractivity contribution >= 4 is 0 Å². The lowest BCUT2D eigenvalue weighted by Crippen LogP contribution is -2.61. The van der Waals surface area contributed by atoms with Crippen LogP contribution in [0.3, 0.4) is 0 Å². The lowest BCUT2D eigenvalue weighted by molar-refractivity contribution is -0.126. The van der Waals surface area contributed by atoms with Crippen molar-refractivity contribution in [3.8, 4) is 0 Å². The third-order valence-electron chi connectivity index (χ3n) is 2.90. The first-order valence-electron chi connectivity index (χ1n) is 5.22. The van der Waals surface area contributed by atoms with Crippen LogP contribution < -0.4 is 0 Å². The smallest absolute Gasteiger partial charge is 0.0645 e. The molecule has 0 bridgehead atoms. The highest BCUT2D eigenvalue weighted by Crippen LogP contribution is 2.24. The predicted molar refractivity (Wildman–Crippen MR) is 50.8 cm³/mol. The second-order valence-corrected chi connectivity index (χ2v) is 4.25. The Balaban J connectivity index is 1.68. The fraction of sp³-hybridized carbons (Fsp3) is 1.00. The summed E-state index contributed by atoms with van der Waals surface area (Å²) in [6, 6.07) is 1.35. The molecule has 76 valence electrons. The predicted octanol–water partition coefficient (Wildman–Crippen LogP) is 0.885. The number of nitrogens with zero attached hydrogens (tertiary/aromatic N) is 1. The summed E-state index contributed by atoms with van der Waals surface area (Å²) in [6.07, 6.45) is 1.66. The molecular weight excluding hydrogens is 166 g/mol. The van der Waals surface area contributed by atoms with Crippen LogP contribution >= 0.6 is 0 Å². The third kappa shape index (κ3) is 2.03. The summed E-state index contributed by atoms with van der Waals surface area (Å²) in [4.78, 5) is 2.52. The maximum Gasteiger partial charge on any atom is 0.0645 e. The fourth-order valence-corrected chi connectivity index (χ4v) is 1.84. The van der Waals surface area contributed by atoms with Crippen LogP contribution in [-0.2, 0) is 9.47 Å². The zero-order chi connectivity index (χ0) is 9.26. The Morgan fingerprint density at radius 3 is 2.62 bits per heavy atom. The third-order valence-corrected chi connectivity index (χ3v) is 2.90. The molecule has 0 unspecified atom stereocenters. The van der Waals surface area contributed by atoms with Crippen LogP contribution in [0.2, 0.25) is 0 Å². The summed E-state index contributed by atoms with van der Waals surface area (Å²) in [5.41, 5.74) is 0. The minimum absolute atomic E-state index is 0.361. The maximum atomic E-state index is 5.61. The second kappa shape index (κ2) is 3.95. The van der Waals surface area contributed by atoms with E-state index >= 15 is 0 Å². The van der Waals surface area contributed by atoms with Crippen molar-refractivity contribution in [3.63, 3.8) is 0 Å². The number of hydrogen-bond acceptors (Lipinski definition) is 3. The SMILES string of the molecule is CC(C)OC[C@H]1CCN1C1COC1.